The van der Waals surface area contributed by atoms with Crippen molar-refractivity contribution >= 4 is 38.3 Å². The molecule has 0 atom stereocenters. The lowest BCUT2D eigenvalue weighted by Crippen LogP contribution is -2.30. The van der Waals surface area contributed by atoms with E-state index in [9.17, 15) is 4.39 Å². The lowest BCUT2D eigenvalue weighted by Gasteiger charge is -2.29. The van der Waals surface area contributed by atoms with E-state index in [1.165, 1.54) is 38.3 Å². The van der Waals surface area contributed by atoms with Gasteiger partial charge in [0.05, 0.1) is 18.3 Å². The Labute approximate surface area is 184 Å². The van der Waals surface area contributed by atoms with Gasteiger partial charge in [-0.2, -0.15) is 0 Å². The number of aryl methyl sites for hydroxylation is 1. The summed E-state index contributed by atoms with van der Waals surface area (Å²) in [5.41, 5.74) is 2.34. The van der Waals surface area contributed by atoms with Crippen molar-refractivity contribution in [3.05, 3.63) is 52.5 Å². The number of methoxy groups -OCH3 is 1. The highest BCUT2D eigenvalue weighted by Gasteiger charge is 2.18. The highest BCUT2D eigenvalue weighted by Crippen LogP contribution is 2.33. The molecule has 0 radical (unpaired) electrons. The van der Waals surface area contributed by atoms with Crippen LogP contribution >= 0.6 is 15.9 Å². The molecule has 3 aromatic rings. The van der Waals surface area contributed by atoms with E-state index < -0.39 is 0 Å². The molecule has 30 heavy (non-hydrogen) atoms. The van der Waals surface area contributed by atoms with E-state index >= 15 is 0 Å². The van der Waals surface area contributed by atoms with E-state index in [1.807, 2.05) is 6.07 Å². The molecule has 7 heteroatoms. The topological polar surface area (TPSA) is 50.3 Å². The summed E-state index contributed by atoms with van der Waals surface area (Å²) in [5, 5.41) is 3.90. The van der Waals surface area contributed by atoms with Crippen LogP contribution in [0.2, 0.25) is 0 Å². The van der Waals surface area contributed by atoms with E-state index in [1.54, 1.807) is 19.2 Å². The van der Waals surface area contributed by atoms with Crippen LogP contribution in [0, 0.1) is 11.7 Å². The van der Waals surface area contributed by atoms with Crippen LogP contribution in [0.25, 0.3) is 10.9 Å². The number of nitrogens with one attached hydrogen (secondary N) is 1. The Morgan fingerprint density at radius 3 is 2.73 bits per heavy atom. The summed E-state index contributed by atoms with van der Waals surface area (Å²) < 4.78 is 20.7. The first-order chi connectivity index (χ1) is 14.5. The lowest BCUT2D eigenvalue weighted by atomic mass is 9.90. The van der Waals surface area contributed by atoms with E-state index in [-0.39, 0.29) is 5.82 Å². The number of ether oxygens (including phenoxy) is 1. The van der Waals surface area contributed by atoms with Crippen LogP contribution in [0.15, 0.2) is 41.1 Å². The summed E-state index contributed by atoms with van der Waals surface area (Å²) in [6.45, 7) is 2.35. The molecule has 1 saturated heterocycles. The fourth-order valence-electron chi connectivity index (χ4n) is 4.04. The van der Waals surface area contributed by atoms with Crippen molar-refractivity contribution in [1.82, 2.24) is 14.9 Å². The quantitative estimate of drug-likeness (QED) is 0.508. The molecular formula is C23H26BrFN4O. The van der Waals surface area contributed by atoms with Gasteiger partial charge in [0, 0.05) is 9.86 Å². The molecule has 0 spiro atoms. The van der Waals surface area contributed by atoms with Crippen LogP contribution in [0.3, 0.4) is 0 Å². The van der Waals surface area contributed by atoms with Gasteiger partial charge in [-0.1, -0.05) is 15.9 Å². The highest BCUT2D eigenvalue weighted by molar-refractivity contribution is 9.10. The second-order valence-corrected chi connectivity index (χ2v) is 8.85. The average Bonchev–Trinajstić information content (AvgIpc) is 2.75. The van der Waals surface area contributed by atoms with E-state index in [4.69, 9.17) is 4.74 Å². The standard InChI is InChI=1S/C23H26BrFN4O/c1-29-9-7-15(8-10-29)3-4-16-11-21-18(13-22(16)30-2)23(27-14-26-21)28-20-6-5-17(24)12-19(20)25/h5-6,11-15H,3-4,7-10H2,1-2H3,(H,26,27,28). The Bertz CT molecular complexity index is 1040. The van der Waals surface area contributed by atoms with Crippen molar-refractivity contribution in [3.8, 4) is 5.75 Å². The number of fused-ring (bicyclic) bond motifs is 1. The molecule has 0 unspecified atom stereocenters. The van der Waals surface area contributed by atoms with Gasteiger partial charge >= 0.3 is 0 Å². The van der Waals surface area contributed by atoms with E-state index in [0.717, 1.165) is 41.0 Å². The van der Waals surface area contributed by atoms with Crippen molar-refractivity contribution in [1.29, 1.82) is 0 Å². The number of anilines is 2. The molecule has 1 aliphatic rings. The number of benzene rings is 2. The summed E-state index contributed by atoms with van der Waals surface area (Å²) in [6.07, 6.45) is 6.12. The van der Waals surface area contributed by atoms with Gasteiger partial charge in [0.15, 0.2) is 0 Å². The van der Waals surface area contributed by atoms with Crippen LogP contribution < -0.4 is 10.1 Å². The number of likely N-dealkylation sites (tertiary alicyclic amines) is 1. The minimum atomic E-state index is -0.349. The van der Waals surface area contributed by atoms with Gasteiger partial charge in [0.2, 0.25) is 0 Å². The number of nitrogens with zero attached hydrogens (tertiary/aromatic N) is 3. The maximum Gasteiger partial charge on any atom is 0.147 e. The number of piperidine rings is 1. The molecule has 4 rings (SSSR count). The Kier molecular flexibility index (Phi) is 6.49. The van der Waals surface area contributed by atoms with E-state index in [0.29, 0.717) is 16.0 Å². The minimum Gasteiger partial charge on any atom is -0.496 e. The Morgan fingerprint density at radius 2 is 2.00 bits per heavy atom. The minimum absolute atomic E-state index is 0.349. The van der Waals surface area contributed by atoms with Gasteiger partial charge in [-0.3, -0.25) is 0 Å². The second-order valence-electron chi connectivity index (χ2n) is 7.94. The molecule has 1 fully saturated rings. The summed E-state index contributed by atoms with van der Waals surface area (Å²) in [6, 6.07) is 8.93. The Balaban J connectivity index is 1.58. The monoisotopic (exact) mass is 472 g/mol. The Morgan fingerprint density at radius 1 is 1.20 bits per heavy atom. The van der Waals surface area contributed by atoms with Crippen molar-refractivity contribution in [2.75, 3.05) is 32.6 Å². The van der Waals surface area contributed by atoms with Gasteiger partial charge in [-0.25, -0.2) is 14.4 Å². The van der Waals surface area contributed by atoms with Crippen LogP contribution in [0.4, 0.5) is 15.9 Å². The molecule has 0 amide bonds. The molecule has 2 aromatic carbocycles. The number of rotatable bonds is 6. The third-order valence-electron chi connectivity index (χ3n) is 5.88. The van der Waals surface area contributed by atoms with Gasteiger partial charge < -0.3 is 15.0 Å². The van der Waals surface area contributed by atoms with Crippen molar-refractivity contribution in [3.63, 3.8) is 0 Å². The molecule has 5 nitrogen and oxygen atoms in total. The third kappa shape index (κ3) is 4.73. The molecule has 0 bridgehead atoms. The fourth-order valence-corrected chi connectivity index (χ4v) is 4.37. The summed E-state index contributed by atoms with van der Waals surface area (Å²) in [5.74, 6) is 1.79. The number of aromatic nitrogens is 2. The van der Waals surface area contributed by atoms with Crippen molar-refractivity contribution < 1.29 is 9.13 Å². The highest BCUT2D eigenvalue weighted by atomic mass is 79.9. The van der Waals surface area contributed by atoms with Gasteiger partial charge in [0.1, 0.15) is 23.7 Å². The second kappa shape index (κ2) is 9.27. The zero-order valence-corrected chi connectivity index (χ0v) is 18.9. The van der Waals surface area contributed by atoms with E-state index in [2.05, 4.69) is 49.2 Å². The predicted molar refractivity (Wildman–Crippen MR) is 122 cm³/mol. The molecule has 2 heterocycles. The molecule has 0 saturated carbocycles. The molecule has 158 valence electrons. The van der Waals surface area contributed by atoms with Crippen LogP contribution in [0.1, 0.15) is 24.8 Å². The zero-order valence-electron chi connectivity index (χ0n) is 17.3. The first-order valence-electron chi connectivity index (χ1n) is 10.3. The van der Waals surface area contributed by atoms with Gasteiger partial charge in [0.25, 0.3) is 0 Å². The number of hydrogen-bond donors (Lipinski definition) is 1. The SMILES string of the molecule is COc1cc2c(Nc3ccc(Br)cc3F)ncnc2cc1CCC1CCN(C)CC1. The molecule has 1 aliphatic heterocycles. The molecule has 1 N–H and O–H groups in total. The maximum atomic E-state index is 14.3. The number of halogens is 2. The Hall–Kier alpha value is -2.25. The van der Waals surface area contributed by atoms with Crippen molar-refractivity contribution in [2.24, 2.45) is 5.92 Å². The largest absolute Gasteiger partial charge is 0.496 e. The summed E-state index contributed by atoms with van der Waals surface area (Å²) in [4.78, 5) is 11.2. The van der Waals surface area contributed by atoms with Crippen LogP contribution in [0.5, 0.6) is 5.75 Å². The third-order valence-corrected chi connectivity index (χ3v) is 6.38. The van der Waals surface area contributed by atoms with Crippen molar-refractivity contribution in [2.45, 2.75) is 25.7 Å². The summed E-state index contributed by atoms with van der Waals surface area (Å²) >= 11 is 3.28. The first-order valence-corrected chi connectivity index (χ1v) is 11.0. The maximum absolute atomic E-state index is 14.3. The van der Waals surface area contributed by atoms with Gasteiger partial charge in [-0.05, 0) is 87.6 Å². The predicted octanol–water partition coefficient (Wildman–Crippen LogP) is 5.56. The average molecular weight is 473 g/mol. The van der Waals surface area contributed by atoms with Gasteiger partial charge in [-0.15, -0.1) is 0 Å². The summed E-state index contributed by atoms with van der Waals surface area (Å²) in [7, 11) is 3.87. The fraction of sp³-hybridized carbons (Fsp3) is 0.391. The number of hydrogen-bond acceptors (Lipinski definition) is 5. The van der Waals surface area contributed by atoms with Crippen LogP contribution in [-0.4, -0.2) is 42.1 Å². The molecular weight excluding hydrogens is 447 g/mol. The normalized spacial score (nSPS) is 15.5. The molecule has 1 aromatic heterocycles. The zero-order chi connectivity index (χ0) is 21.1. The molecule has 0 aliphatic carbocycles. The first kappa shape index (κ1) is 21.0. The smallest absolute Gasteiger partial charge is 0.147 e. The lowest BCUT2D eigenvalue weighted by molar-refractivity contribution is 0.212. The van der Waals surface area contributed by atoms with Crippen LogP contribution in [-0.2, 0) is 6.42 Å².